The standard InChI is InChI=1S/C12H10N2O4/c1-7(14(17)18)4-9-6-13-11-5-8(12(15)16)2-3-10(9)11/h2-6,13H,1H3,(H,15,16)/b7-4+. The highest BCUT2D eigenvalue weighted by Crippen LogP contribution is 2.22. The molecule has 0 aliphatic heterocycles. The Bertz CT molecular complexity index is 670. The average Bonchev–Trinajstić information content (AvgIpc) is 2.71. The van der Waals surface area contributed by atoms with E-state index in [-0.39, 0.29) is 11.3 Å². The quantitative estimate of drug-likeness (QED) is 0.642. The first kappa shape index (κ1) is 11.8. The molecule has 0 aliphatic rings. The lowest BCUT2D eigenvalue weighted by atomic mass is 10.1. The highest BCUT2D eigenvalue weighted by molar-refractivity contribution is 5.96. The maximum Gasteiger partial charge on any atom is 0.335 e. The molecule has 18 heavy (non-hydrogen) atoms. The number of benzene rings is 1. The van der Waals surface area contributed by atoms with Gasteiger partial charge in [0.1, 0.15) is 0 Å². The van der Waals surface area contributed by atoms with Gasteiger partial charge in [-0.3, -0.25) is 10.1 Å². The topological polar surface area (TPSA) is 96.2 Å². The van der Waals surface area contributed by atoms with Gasteiger partial charge in [0, 0.05) is 35.7 Å². The van der Waals surface area contributed by atoms with Crippen molar-refractivity contribution in [1.82, 2.24) is 4.98 Å². The maximum atomic E-state index is 10.8. The first-order chi connectivity index (χ1) is 8.49. The summed E-state index contributed by atoms with van der Waals surface area (Å²) in [5, 5.41) is 20.2. The molecular weight excluding hydrogens is 236 g/mol. The number of nitro groups is 1. The number of fused-ring (bicyclic) bond motifs is 1. The molecule has 6 nitrogen and oxygen atoms in total. The number of aromatic amines is 1. The first-order valence-corrected chi connectivity index (χ1v) is 5.16. The largest absolute Gasteiger partial charge is 0.478 e. The molecule has 1 aromatic carbocycles. The molecule has 0 radical (unpaired) electrons. The van der Waals surface area contributed by atoms with Crippen molar-refractivity contribution < 1.29 is 14.8 Å². The van der Waals surface area contributed by atoms with Gasteiger partial charge in [0.2, 0.25) is 5.70 Å². The molecule has 2 aromatic rings. The number of hydrogen-bond acceptors (Lipinski definition) is 3. The van der Waals surface area contributed by atoms with Crippen LogP contribution in [0, 0.1) is 10.1 Å². The minimum atomic E-state index is -1.01. The van der Waals surface area contributed by atoms with Crippen molar-refractivity contribution >= 4 is 22.9 Å². The van der Waals surface area contributed by atoms with Crippen molar-refractivity contribution in [3.8, 4) is 0 Å². The minimum Gasteiger partial charge on any atom is -0.478 e. The van der Waals surface area contributed by atoms with Crippen molar-refractivity contribution in [1.29, 1.82) is 0 Å². The second-order valence-electron chi connectivity index (χ2n) is 3.85. The fraction of sp³-hybridized carbons (Fsp3) is 0.0833. The number of carboxylic acids is 1. The fourth-order valence-electron chi connectivity index (χ4n) is 1.68. The van der Waals surface area contributed by atoms with E-state index >= 15 is 0 Å². The van der Waals surface area contributed by atoms with Crippen LogP contribution in [-0.2, 0) is 0 Å². The highest BCUT2D eigenvalue weighted by Gasteiger charge is 2.09. The molecule has 6 heteroatoms. The lowest BCUT2D eigenvalue weighted by Crippen LogP contribution is -1.95. The Hall–Kier alpha value is -2.63. The highest BCUT2D eigenvalue weighted by atomic mass is 16.6. The zero-order valence-corrected chi connectivity index (χ0v) is 9.51. The number of aromatic carboxylic acids is 1. The molecule has 0 spiro atoms. The second-order valence-corrected chi connectivity index (χ2v) is 3.85. The van der Waals surface area contributed by atoms with E-state index < -0.39 is 10.9 Å². The molecule has 0 saturated heterocycles. The summed E-state index contributed by atoms with van der Waals surface area (Å²) in [6.07, 6.45) is 3.06. The third kappa shape index (κ3) is 2.08. The van der Waals surface area contributed by atoms with Crippen molar-refractivity contribution in [3.63, 3.8) is 0 Å². The van der Waals surface area contributed by atoms with E-state index in [1.54, 1.807) is 12.3 Å². The smallest absolute Gasteiger partial charge is 0.335 e. The summed E-state index contributed by atoms with van der Waals surface area (Å²) in [6, 6.07) is 4.60. The van der Waals surface area contributed by atoms with Gasteiger partial charge < -0.3 is 10.1 Å². The number of allylic oxidation sites excluding steroid dienone is 1. The van der Waals surface area contributed by atoms with Crippen molar-refractivity contribution in [2.75, 3.05) is 0 Å². The molecular formula is C12H10N2O4. The number of carboxylic acid groups (broad SMARTS) is 1. The van der Waals surface area contributed by atoms with Gasteiger partial charge in [0.25, 0.3) is 0 Å². The van der Waals surface area contributed by atoms with Crippen LogP contribution >= 0.6 is 0 Å². The summed E-state index contributed by atoms with van der Waals surface area (Å²) in [4.78, 5) is 23.8. The van der Waals surface area contributed by atoms with Gasteiger partial charge in [-0.1, -0.05) is 6.07 Å². The molecule has 0 fully saturated rings. The molecule has 0 amide bonds. The van der Waals surface area contributed by atoms with Gasteiger partial charge >= 0.3 is 5.97 Å². The van der Waals surface area contributed by atoms with Crippen LogP contribution in [0.3, 0.4) is 0 Å². The number of aromatic nitrogens is 1. The van der Waals surface area contributed by atoms with Crippen LogP contribution in [0.5, 0.6) is 0 Å². The van der Waals surface area contributed by atoms with Crippen LogP contribution < -0.4 is 0 Å². The molecule has 1 heterocycles. The van der Waals surface area contributed by atoms with Gasteiger partial charge in [-0.25, -0.2) is 4.79 Å². The van der Waals surface area contributed by atoms with E-state index in [1.807, 2.05) is 0 Å². The normalized spacial score (nSPS) is 11.7. The molecule has 1 aromatic heterocycles. The van der Waals surface area contributed by atoms with E-state index in [1.165, 1.54) is 25.1 Å². The van der Waals surface area contributed by atoms with Gasteiger partial charge in [-0.15, -0.1) is 0 Å². The summed E-state index contributed by atoms with van der Waals surface area (Å²) in [5.74, 6) is -1.01. The van der Waals surface area contributed by atoms with Crippen molar-refractivity contribution in [2.45, 2.75) is 6.92 Å². The number of H-pyrrole nitrogens is 1. The Morgan fingerprint density at radius 3 is 2.83 bits per heavy atom. The molecule has 0 unspecified atom stereocenters. The minimum absolute atomic E-state index is 0.0261. The van der Waals surface area contributed by atoms with Gasteiger partial charge in [-0.05, 0) is 12.1 Å². The molecule has 0 aliphatic carbocycles. The molecule has 0 saturated carbocycles. The monoisotopic (exact) mass is 246 g/mol. The molecule has 0 bridgehead atoms. The van der Waals surface area contributed by atoms with Gasteiger partial charge in [0.05, 0.1) is 10.5 Å². The number of nitrogens with zero attached hydrogens (tertiary/aromatic N) is 1. The van der Waals surface area contributed by atoms with Crippen molar-refractivity contribution in [2.24, 2.45) is 0 Å². The molecule has 0 atom stereocenters. The third-order valence-electron chi connectivity index (χ3n) is 2.61. The van der Waals surface area contributed by atoms with Crippen LogP contribution in [0.25, 0.3) is 17.0 Å². The fourth-order valence-corrected chi connectivity index (χ4v) is 1.68. The summed E-state index contributed by atoms with van der Waals surface area (Å²) >= 11 is 0. The Morgan fingerprint density at radius 1 is 1.50 bits per heavy atom. The van der Waals surface area contributed by atoms with E-state index in [0.717, 1.165) is 5.39 Å². The lowest BCUT2D eigenvalue weighted by Gasteiger charge is -1.95. The van der Waals surface area contributed by atoms with Crippen molar-refractivity contribution in [3.05, 3.63) is 51.3 Å². The number of rotatable bonds is 3. The SMILES string of the molecule is C/C(=C\c1c[nH]c2cc(C(=O)O)ccc12)[N+](=O)[O-]. The molecule has 92 valence electrons. The predicted molar refractivity (Wildman–Crippen MR) is 65.9 cm³/mol. The lowest BCUT2D eigenvalue weighted by molar-refractivity contribution is -0.422. The van der Waals surface area contributed by atoms with Crippen LogP contribution in [0.2, 0.25) is 0 Å². The summed E-state index contributed by atoms with van der Waals surface area (Å²) in [6.45, 7) is 1.41. The predicted octanol–water partition coefficient (Wildman–Crippen LogP) is 2.50. The number of carbonyl (C=O) groups is 1. The zero-order valence-electron chi connectivity index (χ0n) is 9.51. The van der Waals surface area contributed by atoms with E-state index in [4.69, 9.17) is 5.11 Å². The number of nitrogens with one attached hydrogen (secondary N) is 1. The van der Waals surface area contributed by atoms with Gasteiger partial charge in [-0.2, -0.15) is 0 Å². The summed E-state index contributed by atoms with van der Waals surface area (Å²) < 4.78 is 0. The van der Waals surface area contributed by atoms with Crippen LogP contribution in [0.4, 0.5) is 0 Å². The Morgan fingerprint density at radius 2 is 2.22 bits per heavy atom. The molecule has 2 rings (SSSR count). The third-order valence-corrected chi connectivity index (χ3v) is 2.61. The summed E-state index contributed by atoms with van der Waals surface area (Å²) in [7, 11) is 0. The molecule has 2 N–H and O–H groups in total. The van der Waals surface area contributed by atoms with Crippen LogP contribution in [-0.4, -0.2) is 21.0 Å². The van der Waals surface area contributed by atoms with Crippen LogP contribution in [0.1, 0.15) is 22.8 Å². The maximum absolute atomic E-state index is 10.8. The average molecular weight is 246 g/mol. The Balaban J connectivity index is 2.53. The Labute approximate surface area is 102 Å². The van der Waals surface area contributed by atoms with E-state index in [9.17, 15) is 14.9 Å². The second kappa shape index (κ2) is 4.33. The van der Waals surface area contributed by atoms with E-state index in [2.05, 4.69) is 4.98 Å². The van der Waals surface area contributed by atoms with Crippen LogP contribution in [0.15, 0.2) is 30.1 Å². The van der Waals surface area contributed by atoms with E-state index in [0.29, 0.717) is 11.1 Å². The van der Waals surface area contributed by atoms with Gasteiger partial charge in [0.15, 0.2) is 0 Å². The first-order valence-electron chi connectivity index (χ1n) is 5.16. The summed E-state index contributed by atoms with van der Waals surface area (Å²) in [5.41, 5.74) is 1.50. The zero-order chi connectivity index (χ0) is 13.3. The number of hydrogen-bond donors (Lipinski definition) is 2. The Kier molecular flexibility index (Phi) is 2.85.